The van der Waals surface area contributed by atoms with Crippen molar-refractivity contribution in [1.82, 2.24) is 36.6 Å². The van der Waals surface area contributed by atoms with Gasteiger partial charge in [0.1, 0.15) is 33.5 Å². The van der Waals surface area contributed by atoms with E-state index in [0.717, 1.165) is 82.3 Å². The lowest BCUT2D eigenvalue weighted by molar-refractivity contribution is 0.266. The van der Waals surface area contributed by atoms with Gasteiger partial charge in [-0.15, -0.1) is 68.0 Å². The molecule has 0 fully saturated rings. The van der Waals surface area contributed by atoms with E-state index in [4.69, 9.17) is 27.5 Å². The molecule has 8 nitrogen and oxygen atoms in total. The van der Waals surface area contributed by atoms with Gasteiger partial charge in [-0.1, -0.05) is 210 Å². The van der Waals surface area contributed by atoms with Gasteiger partial charge in [0, 0.05) is 71.3 Å². The maximum atomic E-state index is 5.54. The van der Waals surface area contributed by atoms with Crippen molar-refractivity contribution in [3.05, 3.63) is 69.7 Å². The quantitative estimate of drug-likeness (QED) is 0.0358. The van der Waals surface area contributed by atoms with Crippen molar-refractivity contribution in [1.29, 1.82) is 0 Å². The predicted octanol–water partition coefficient (Wildman–Crippen LogP) is 27.9. The minimum Gasteiger partial charge on any atom is -0.339 e. The van der Waals surface area contributed by atoms with E-state index in [-0.39, 0.29) is 5.41 Å². The van der Waals surface area contributed by atoms with Gasteiger partial charge in [-0.25, -0.2) is 0 Å². The van der Waals surface area contributed by atoms with Gasteiger partial charge in [-0.2, -0.15) is 17.5 Å². The van der Waals surface area contributed by atoms with E-state index in [1.807, 2.05) is 45.3 Å². The summed E-state index contributed by atoms with van der Waals surface area (Å²) in [5, 5.41) is 0. The second-order valence-corrected chi connectivity index (χ2v) is 35.7. The van der Waals surface area contributed by atoms with E-state index in [2.05, 4.69) is 150 Å². The van der Waals surface area contributed by atoms with Crippen LogP contribution in [-0.4, -0.2) is 36.6 Å². The fraction of sp³-hybridized carbons (Fsp3) is 0.570. The van der Waals surface area contributed by atoms with Gasteiger partial charge >= 0.3 is 0 Å². The van der Waals surface area contributed by atoms with Gasteiger partial charge in [-0.05, 0) is 110 Å². The topological polar surface area (TPSA) is 87.2 Å². The molecule has 0 spiro atoms. The molecule has 12 aromatic heterocycles. The van der Waals surface area contributed by atoms with Crippen molar-refractivity contribution in [2.45, 2.75) is 268 Å². The molecule has 13 rings (SSSR count). The van der Waals surface area contributed by atoms with Crippen molar-refractivity contribution in [3.63, 3.8) is 0 Å². The number of pyridine rings is 2. The highest BCUT2D eigenvalue weighted by Crippen LogP contribution is 2.63. The summed E-state index contributed by atoms with van der Waals surface area (Å²) in [5.74, 6) is 2.71. The summed E-state index contributed by atoms with van der Waals surface area (Å²) in [7, 11) is 0. The summed E-state index contributed by atoms with van der Waals surface area (Å²) >= 11 is 14.6. The standard InChI is InChI=1S/C79H102N8S8/c1-11-21-27-29-35-86-59-39-53(37-49(17-7)31-23-13-3)88-75(59)77-61(86)43-63(90-77)55-47-80-69(71-67(55)82-94-84-71)65-41-57-73(92-65)74-58(79(57,45-51(19-9)33-25-15-5)46-52(20-10)34-26-16-6)42-66(93-74)70-72-68(83-95-85-72)56(48-81-70)64-44-62-78(91-64)76-60(87(62)36-30-28-22-12-2)40-54(89-76)38-50(18-8)32-24-14-4/h39-44,47-52H,11-38,45-46H2,1-10H3. The Labute approximate surface area is 598 Å². The van der Waals surface area contributed by atoms with Crippen LogP contribution in [0.2, 0.25) is 0 Å². The fourth-order valence-corrected chi connectivity index (χ4v) is 25.0. The summed E-state index contributed by atoms with van der Waals surface area (Å²) in [5.41, 5.74) is 16.4. The Hall–Kier alpha value is -4.26. The Morgan fingerprint density at radius 1 is 0.368 bits per heavy atom. The number of aryl methyl sites for hydroxylation is 2. The smallest absolute Gasteiger partial charge is 0.132 e. The minimum atomic E-state index is -0.156. The first-order valence-electron chi connectivity index (χ1n) is 37.2. The number of thiophene rings is 6. The summed E-state index contributed by atoms with van der Waals surface area (Å²) in [4.78, 5) is 21.9. The zero-order chi connectivity index (χ0) is 65.7. The Morgan fingerprint density at radius 3 is 1.13 bits per heavy atom. The maximum Gasteiger partial charge on any atom is 0.132 e. The molecule has 0 saturated heterocycles. The lowest BCUT2D eigenvalue weighted by Gasteiger charge is -2.37. The highest BCUT2D eigenvalue weighted by atomic mass is 32.1. The number of fused-ring (bicyclic) bond motifs is 11. The van der Waals surface area contributed by atoms with Crippen LogP contribution in [0.4, 0.5) is 0 Å². The molecule has 0 radical (unpaired) electrons. The van der Waals surface area contributed by atoms with E-state index in [1.54, 1.807) is 9.75 Å². The molecule has 12 heterocycles. The Kier molecular flexibility index (Phi) is 23.0. The third kappa shape index (κ3) is 13.8. The zero-order valence-corrected chi connectivity index (χ0v) is 65.0. The summed E-state index contributed by atoms with van der Waals surface area (Å²) < 4.78 is 31.8. The van der Waals surface area contributed by atoms with Gasteiger partial charge in [0.15, 0.2) is 0 Å². The first-order valence-corrected chi connectivity index (χ1v) is 43.6. The monoisotopic (exact) mass is 1420 g/mol. The largest absolute Gasteiger partial charge is 0.339 e. The van der Waals surface area contributed by atoms with Gasteiger partial charge in [-0.3, -0.25) is 9.97 Å². The highest BCUT2D eigenvalue weighted by Gasteiger charge is 2.48. The Bertz CT molecular complexity index is 4220. The molecule has 0 saturated carbocycles. The van der Waals surface area contributed by atoms with E-state index < -0.39 is 0 Å². The van der Waals surface area contributed by atoms with Crippen molar-refractivity contribution < 1.29 is 0 Å². The third-order valence-corrected chi connectivity index (χ3v) is 30.1. The number of rotatable bonds is 38. The van der Waals surface area contributed by atoms with E-state index >= 15 is 0 Å². The van der Waals surface area contributed by atoms with Crippen LogP contribution in [0.5, 0.6) is 0 Å². The van der Waals surface area contributed by atoms with Crippen molar-refractivity contribution in [2.24, 2.45) is 23.7 Å². The van der Waals surface area contributed by atoms with Crippen LogP contribution in [0.1, 0.15) is 257 Å². The normalized spacial score (nSPS) is 15.6. The average molecular weight is 1420 g/mol. The molecule has 95 heavy (non-hydrogen) atoms. The van der Waals surface area contributed by atoms with Crippen molar-refractivity contribution in [3.8, 4) is 51.8 Å². The SMILES string of the molecule is CCCCCCn1c2cc(CC(CC)CCCC)sc2c2sc(-c3cnc(-c4cc5c(s4)-c4sc(-c6ncc(-c7cc8c(s7)c7sc(CC(CC)CCCC)cc7n8CCCCCC)c7nsnc67)cc4C5(CC(CC)CCCC)CC(CC)CCCC)c4nsnc34)cc21. The molecule has 1 aliphatic rings. The van der Waals surface area contributed by atoms with Crippen LogP contribution >= 0.6 is 91.5 Å². The Balaban J connectivity index is 0.896. The second kappa shape index (κ2) is 31.5. The Morgan fingerprint density at radius 2 is 0.737 bits per heavy atom. The van der Waals surface area contributed by atoms with E-state index in [1.165, 1.54) is 272 Å². The molecular weight excluding hydrogens is 1320 g/mol. The van der Waals surface area contributed by atoms with E-state index in [0.29, 0.717) is 11.8 Å². The minimum absolute atomic E-state index is 0.156. The summed E-state index contributed by atoms with van der Waals surface area (Å²) in [6.45, 7) is 25.8. The first kappa shape index (κ1) is 69.2. The molecule has 4 unspecified atom stereocenters. The average Bonchev–Trinajstić information content (AvgIpc) is 1.55. The lowest BCUT2D eigenvalue weighted by Crippen LogP contribution is -2.31. The molecule has 4 atom stereocenters. The molecule has 0 N–H and O–H groups in total. The second-order valence-electron chi connectivity index (χ2n) is 28.2. The lowest BCUT2D eigenvalue weighted by atomic mass is 9.65. The number of nitrogens with zero attached hydrogens (tertiary/aromatic N) is 8. The van der Waals surface area contributed by atoms with Crippen LogP contribution < -0.4 is 0 Å². The number of aromatic nitrogens is 8. The zero-order valence-electron chi connectivity index (χ0n) is 58.5. The van der Waals surface area contributed by atoms with Crippen LogP contribution in [0.25, 0.3) is 115 Å². The fourth-order valence-electron chi connectivity index (χ4n) is 16.0. The number of hydrogen-bond acceptors (Lipinski definition) is 14. The molecule has 1 aliphatic carbocycles. The summed E-state index contributed by atoms with van der Waals surface area (Å²) in [6, 6.07) is 15.2. The molecule has 0 aliphatic heterocycles. The third-order valence-electron chi connectivity index (χ3n) is 21.7. The molecule has 16 heteroatoms. The predicted molar refractivity (Wildman–Crippen MR) is 423 cm³/mol. The van der Waals surface area contributed by atoms with Crippen LogP contribution in [0, 0.1) is 23.7 Å². The number of unbranched alkanes of at least 4 members (excludes halogenated alkanes) is 10. The first-order chi connectivity index (χ1) is 46.6. The van der Waals surface area contributed by atoms with Gasteiger partial charge in [0.25, 0.3) is 0 Å². The summed E-state index contributed by atoms with van der Waals surface area (Å²) in [6.07, 6.45) is 39.1. The van der Waals surface area contributed by atoms with Crippen molar-refractivity contribution in [2.75, 3.05) is 0 Å². The molecule has 12 aromatic rings. The molecular formula is C79H102N8S8. The molecule has 0 aromatic carbocycles. The van der Waals surface area contributed by atoms with E-state index in [9.17, 15) is 0 Å². The van der Waals surface area contributed by atoms with Gasteiger partial charge < -0.3 is 9.13 Å². The van der Waals surface area contributed by atoms with Crippen LogP contribution in [0.15, 0.2) is 48.8 Å². The maximum absolute atomic E-state index is 5.54. The van der Waals surface area contributed by atoms with Gasteiger partial charge in [0.05, 0.1) is 74.1 Å². The molecule has 0 bridgehead atoms. The van der Waals surface area contributed by atoms with Crippen LogP contribution in [-0.2, 0) is 31.3 Å². The molecule has 506 valence electrons. The van der Waals surface area contributed by atoms with Gasteiger partial charge in [0.2, 0.25) is 0 Å². The van der Waals surface area contributed by atoms with Crippen molar-refractivity contribution >= 4 is 154 Å². The highest BCUT2D eigenvalue weighted by molar-refractivity contribution is 7.30. The molecule has 0 amide bonds. The number of hydrogen-bond donors (Lipinski definition) is 0. The van der Waals surface area contributed by atoms with Crippen LogP contribution in [0.3, 0.4) is 0 Å².